The molecule has 0 radical (unpaired) electrons. The van der Waals surface area contributed by atoms with Gasteiger partial charge in [-0.2, -0.15) is 0 Å². The lowest BCUT2D eigenvalue weighted by atomic mass is 10.0. The van der Waals surface area contributed by atoms with E-state index in [1.807, 2.05) is 0 Å². The van der Waals surface area contributed by atoms with Gasteiger partial charge in [-0.05, 0) is 56.3 Å². The van der Waals surface area contributed by atoms with Gasteiger partial charge in [0, 0.05) is 38.9 Å². The summed E-state index contributed by atoms with van der Waals surface area (Å²) < 4.78 is 11.8. The molecule has 2 rings (SSSR count). The molecule has 0 aromatic heterocycles. The molecule has 1 saturated heterocycles. The fourth-order valence-corrected chi connectivity index (χ4v) is 8.03. The van der Waals surface area contributed by atoms with Crippen LogP contribution in [-0.2, 0) is 22.3 Å². The minimum absolute atomic E-state index is 0.0840. The van der Waals surface area contributed by atoms with Gasteiger partial charge in [-0.15, -0.1) is 8.58 Å². The molecule has 1 aromatic carbocycles. The topological polar surface area (TPSA) is 19.0 Å². The Morgan fingerprint density at radius 3 is 2.19 bits per heavy atom. The molecule has 186 valence electrons. The van der Waals surface area contributed by atoms with Crippen molar-refractivity contribution in [1.82, 2.24) is 12.9 Å². The summed E-state index contributed by atoms with van der Waals surface area (Å²) in [5, 5.41) is 0. The standard InChI is InChI=1S/C24H45N3PS.CH3ClO/c1-7-16-26(8-2)29(27-17-10-9-11-18-27)25(5)20-22-12-14-23(15-13-22)24(28-6)19-21(3)4;1-3-2/h12-15,21,24,28H,7-11,16-20H2,1-6H3;1H3/q+1;. The molecule has 3 atom stereocenters. The lowest BCUT2D eigenvalue weighted by Crippen LogP contribution is -2.53. The lowest BCUT2D eigenvalue weighted by Gasteiger charge is -2.33. The second-order valence-corrected chi connectivity index (χ2v) is 12.6. The Labute approximate surface area is 209 Å². The number of hydrogen-bond acceptors (Lipinski definition) is 4. The van der Waals surface area contributed by atoms with Gasteiger partial charge in [-0.25, -0.2) is 0 Å². The first-order chi connectivity index (χ1) is 15.4. The Morgan fingerprint density at radius 1 is 1.12 bits per heavy atom. The molecule has 0 N–H and O–H groups in total. The van der Waals surface area contributed by atoms with Gasteiger partial charge < -0.3 is 0 Å². The van der Waals surface area contributed by atoms with E-state index in [4.69, 9.17) is 0 Å². The highest BCUT2D eigenvalue weighted by molar-refractivity contribution is 7.90. The molecule has 4 nitrogen and oxygen atoms in total. The fraction of sp³-hybridized carbons (Fsp3) is 0.760. The summed E-state index contributed by atoms with van der Waals surface area (Å²) in [5.74, 6) is 0.767. The van der Waals surface area contributed by atoms with Gasteiger partial charge in [0.1, 0.15) is 0 Å². The smallest absolute Gasteiger partial charge is 0.268 e. The van der Waals surface area contributed by atoms with E-state index in [0.29, 0.717) is 0 Å². The maximum atomic E-state index is 4.50. The summed E-state index contributed by atoms with van der Waals surface area (Å²) >= 11 is 4.58. The third kappa shape index (κ3) is 10.6. The third-order valence-electron chi connectivity index (χ3n) is 5.72. The first-order valence-electron chi connectivity index (χ1n) is 12.3. The van der Waals surface area contributed by atoms with Crippen LogP contribution in [0.1, 0.15) is 76.6 Å². The summed E-state index contributed by atoms with van der Waals surface area (Å²) in [6.45, 7) is 17.5. The first kappa shape index (κ1) is 30.2. The Kier molecular flexibility index (Phi) is 16.5. The van der Waals surface area contributed by atoms with Crippen LogP contribution in [-0.4, -0.2) is 59.9 Å². The molecular formula is C25H48ClN3OPS+. The van der Waals surface area contributed by atoms with Crippen molar-refractivity contribution in [3.63, 3.8) is 0 Å². The van der Waals surface area contributed by atoms with Crippen LogP contribution < -0.4 is 0 Å². The second kappa shape index (κ2) is 17.5. The van der Waals surface area contributed by atoms with Crippen molar-refractivity contribution in [3.8, 4) is 0 Å². The monoisotopic (exact) mass is 504 g/mol. The van der Waals surface area contributed by atoms with E-state index in [1.165, 1.54) is 70.0 Å². The van der Waals surface area contributed by atoms with E-state index in [-0.39, 0.29) is 11.5 Å². The molecule has 1 fully saturated rings. The maximum Gasteiger partial charge on any atom is 0.268 e. The number of rotatable bonds is 12. The van der Waals surface area contributed by atoms with Gasteiger partial charge >= 0.3 is 0 Å². The van der Waals surface area contributed by atoms with E-state index in [0.717, 1.165) is 33.2 Å². The number of piperidine rings is 1. The van der Waals surface area contributed by atoms with Gasteiger partial charge in [0.25, 0.3) is 11.5 Å². The molecule has 7 heteroatoms. The van der Waals surface area contributed by atoms with Gasteiger partial charge in [0.15, 0.2) is 0 Å². The molecular weight excluding hydrogens is 457 g/mol. The van der Waals surface area contributed by atoms with Crippen LogP contribution in [0.5, 0.6) is 0 Å². The van der Waals surface area contributed by atoms with Crippen LogP contribution in [0.25, 0.3) is 0 Å². The molecule has 1 aromatic rings. The molecule has 0 amide bonds. The van der Waals surface area contributed by atoms with Crippen LogP contribution in [0.3, 0.4) is 0 Å². The minimum Gasteiger partial charge on any atom is -0.283 e. The second-order valence-electron chi connectivity index (χ2n) is 8.91. The summed E-state index contributed by atoms with van der Waals surface area (Å²) in [6, 6.07) is 9.56. The Bertz CT molecular complexity index is 582. The average molecular weight is 505 g/mol. The summed E-state index contributed by atoms with van der Waals surface area (Å²) in [5.41, 5.74) is 3.70. The van der Waals surface area contributed by atoms with Crippen LogP contribution in [0.4, 0.5) is 0 Å². The van der Waals surface area contributed by atoms with Crippen molar-refractivity contribution >= 4 is 31.9 Å². The largest absolute Gasteiger partial charge is 0.283 e. The molecule has 1 aliphatic heterocycles. The molecule has 1 aliphatic rings. The Hall–Kier alpha value is 0.130. The van der Waals surface area contributed by atoms with Crippen molar-refractivity contribution in [2.75, 3.05) is 47.0 Å². The molecule has 32 heavy (non-hydrogen) atoms. The van der Waals surface area contributed by atoms with Gasteiger partial charge in [0.05, 0.1) is 25.5 Å². The van der Waals surface area contributed by atoms with E-state index in [9.17, 15) is 0 Å². The molecule has 0 aliphatic carbocycles. The minimum atomic E-state index is 0.0840. The van der Waals surface area contributed by atoms with E-state index < -0.39 is 0 Å². The van der Waals surface area contributed by atoms with Gasteiger partial charge in [0.2, 0.25) is 0 Å². The summed E-state index contributed by atoms with van der Waals surface area (Å²) in [6.07, 6.45) is 6.63. The number of halogens is 1. The van der Waals surface area contributed by atoms with Crippen molar-refractivity contribution in [2.45, 2.75) is 72.0 Å². The van der Waals surface area contributed by atoms with Crippen LogP contribution in [0, 0.1) is 5.92 Å². The van der Waals surface area contributed by atoms with E-state index in [2.05, 4.69) is 94.7 Å². The zero-order chi connectivity index (χ0) is 23.9. The molecule has 0 spiro atoms. The zero-order valence-electron chi connectivity index (χ0n) is 21.6. The molecule has 0 bridgehead atoms. The normalized spacial score (nSPS) is 17.2. The average Bonchev–Trinajstić information content (AvgIpc) is 2.79. The number of nitrogens with zero attached hydrogens (tertiary/aromatic N) is 3. The quantitative estimate of drug-likeness (QED) is 0.228. The SMILES string of the molecule is CCCN(CC)[S+](N(C)Cc1ccc(C(CC(C)C)PC)cc1)N1CCCCC1.COCl. The highest BCUT2D eigenvalue weighted by Gasteiger charge is 2.41. The Morgan fingerprint density at radius 2 is 1.72 bits per heavy atom. The summed E-state index contributed by atoms with van der Waals surface area (Å²) in [7, 11) is 4.71. The van der Waals surface area contributed by atoms with Crippen molar-refractivity contribution in [3.05, 3.63) is 35.4 Å². The van der Waals surface area contributed by atoms with Crippen molar-refractivity contribution in [1.29, 1.82) is 0 Å². The van der Waals surface area contributed by atoms with Gasteiger partial charge in [-0.1, -0.05) is 64.4 Å². The fourth-order valence-electron chi connectivity index (χ4n) is 4.25. The number of hydrogen-bond donors (Lipinski definition) is 0. The predicted octanol–water partition coefficient (Wildman–Crippen LogP) is 6.88. The zero-order valence-corrected chi connectivity index (χ0v) is 24.1. The molecule has 1 heterocycles. The van der Waals surface area contributed by atoms with Crippen LogP contribution >= 0.6 is 20.4 Å². The molecule has 0 saturated carbocycles. The maximum absolute atomic E-state index is 4.50. The highest BCUT2D eigenvalue weighted by atomic mass is 35.5. The van der Waals surface area contributed by atoms with E-state index >= 15 is 0 Å². The van der Waals surface area contributed by atoms with Crippen LogP contribution in [0.2, 0.25) is 0 Å². The van der Waals surface area contributed by atoms with Crippen LogP contribution in [0.15, 0.2) is 24.3 Å². The van der Waals surface area contributed by atoms with E-state index in [1.54, 1.807) is 0 Å². The lowest BCUT2D eigenvalue weighted by molar-refractivity contribution is 0.316. The Balaban J connectivity index is 0.00000161. The predicted molar refractivity (Wildman–Crippen MR) is 148 cm³/mol. The first-order valence-corrected chi connectivity index (χ1v) is 15.3. The third-order valence-corrected chi connectivity index (χ3v) is 9.41. The van der Waals surface area contributed by atoms with Crippen molar-refractivity contribution < 1.29 is 4.29 Å². The molecule has 3 unspecified atom stereocenters. The summed E-state index contributed by atoms with van der Waals surface area (Å²) in [4.78, 5) is 0. The van der Waals surface area contributed by atoms with Gasteiger partial charge in [-0.3, -0.25) is 4.29 Å². The number of benzene rings is 1. The highest BCUT2D eigenvalue weighted by Crippen LogP contribution is 2.37. The van der Waals surface area contributed by atoms with Crippen molar-refractivity contribution in [2.24, 2.45) is 5.92 Å².